The normalized spacial score (nSPS) is 12.3. The zero-order valence-corrected chi connectivity index (χ0v) is 10.2. The van der Waals surface area contributed by atoms with Crippen LogP contribution in [0.15, 0.2) is 0 Å². The summed E-state index contributed by atoms with van der Waals surface area (Å²) in [4.78, 5) is 0. The van der Waals surface area contributed by atoms with Crippen LogP contribution in [0.3, 0.4) is 0 Å². The first kappa shape index (κ1) is 14.8. The van der Waals surface area contributed by atoms with Gasteiger partial charge in [-0.25, -0.2) is 13.1 Å². The number of nitrogens with one attached hydrogen (secondary N) is 1. The summed E-state index contributed by atoms with van der Waals surface area (Å²) in [6.07, 6.45) is -0.563. The van der Waals surface area contributed by atoms with Crippen molar-refractivity contribution in [3.63, 3.8) is 0 Å². The van der Waals surface area contributed by atoms with E-state index in [-0.39, 0.29) is 18.9 Å². The molecule has 0 heterocycles. The maximum absolute atomic E-state index is 11.3. The van der Waals surface area contributed by atoms with Crippen molar-refractivity contribution in [3.8, 4) is 0 Å². The Bertz CT molecular complexity index is 237. The molecule has 0 spiro atoms. The van der Waals surface area contributed by atoms with Crippen molar-refractivity contribution in [2.24, 2.45) is 0 Å². The quantitative estimate of drug-likeness (QED) is 0.437. The predicted molar refractivity (Wildman–Crippen MR) is 56.1 cm³/mol. The molecule has 0 radical (unpaired) electrons. The molecule has 92 valence electrons. The Morgan fingerprint density at radius 2 is 1.87 bits per heavy atom. The van der Waals surface area contributed by atoms with Gasteiger partial charge in [-0.2, -0.15) is 0 Å². The lowest BCUT2D eigenvalue weighted by Gasteiger charge is -2.14. The Kier molecular flexibility index (Phi) is 7.89. The molecule has 1 N–H and O–H groups in total. The molecule has 6 nitrogen and oxygen atoms in total. The molecule has 0 aliphatic rings. The maximum Gasteiger partial charge on any atom is 0.214 e. The van der Waals surface area contributed by atoms with Crippen molar-refractivity contribution in [3.05, 3.63) is 0 Å². The summed E-state index contributed by atoms with van der Waals surface area (Å²) in [5, 5.41) is 0. The number of sulfonamides is 1. The average Bonchev–Trinajstić information content (AvgIpc) is 2.19. The monoisotopic (exact) mass is 241 g/mol. The minimum Gasteiger partial charge on any atom is -0.381 e. The van der Waals surface area contributed by atoms with Gasteiger partial charge in [0.15, 0.2) is 6.29 Å². The Balaban J connectivity index is 3.82. The molecule has 0 amide bonds. The first-order valence-corrected chi connectivity index (χ1v) is 6.31. The predicted octanol–water partition coefficient (Wildman–Crippen LogP) is -0.439. The third kappa shape index (κ3) is 7.69. The number of hydrogen-bond donors (Lipinski definition) is 1. The summed E-state index contributed by atoms with van der Waals surface area (Å²) < 4.78 is 39.7. The van der Waals surface area contributed by atoms with Crippen LogP contribution >= 0.6 is 0 Å². The lowest BCUT2D eigenvalue weighted by molar-refractivity contribution is -0.0960. The summed E-state index contributed by atoms with van der Waals surface area (Å²) in [6.45, 7) is 2.61. The fourth-order valence-corrected chi connectivity index (χ4v) is 1.71. The van der Waals surface area contributed by atoms with Crippen molar-refractivity contribution in [1.82, 2.24) is 4.72 Å². The third-order valence-electron chi connectivity index (χ3n) is 1.70. The third-order valence-corrected chi connectivity index (χ3v) is 3.01. The fourth-order valence-electron chi connectivity index (χ4n) is 0.843. The van der Waals surface area contributed by atoms with E-state index in [4.69, 9.17) is 14.2 Å². The van der Waals surface area contributed by atoms with Crippen LogP contribution in [0.2, 0.25) is 0 Å². The molecule has 0 aliphatic carbocycles. The highest BCUT2D eigenvalue weighted by Gasteiger charge is 2.13. The van der Waals surface area contributed by atoms with Crippen molar-refractivity contribution in [2.45, 2.75) is 13.2 Å². The number of hydrogen-bond acceptors (Lipinski definition) is 5. The van der Waals surface area contributed by atoms with Crippen LogP contribution < -0.4 is 4.72 Å². The lowest BCUT2D eigenvalue weighted by atomic mass is 10.6. The minimum atomic E-state index is -3.30. The first-order chi connectivity index (χ1) is 7.05. The van der Waals surface area contributed by atoms with E-state index in [1.54, 1.807) is 0 Å². The van der Waals surface area contributed by atoms with E-state index in [9.17, 15) is 8.42 Å². The molecular weight excluding hydrogens is 222 g/mol. The summed E-state index contributed by atoms with van der Waals surface area (Å²) in [7, 11) is -0.410. The van der Waals surface area contributed by atoms with Crippen LogP contribution in [0, 0.1) is 0 Å². The molecule has 7 heteroatoms. The van der Waals surface area contributed by atoms with Crippen LogP contribution in [0.25, 0.3) is 0 Å². The second kappa shape index (κ2) is 8.00. The fraction of sp³-hybridized carbons (Fsp3) is 1.00. The van der Waals surface area contributed by atoms with Gasteiger partial charge in [-0.15, -0.1) is 0 Å². The topological polar surface area (TPSA) is 73.9 Å². The zero-order valence-electron chi connectivity index (χ0n) is 9.36. The van der Waals surface area contributed by atoms with Crippen molar-refractivity contribution >= 4 is 10.0 Å². The molecule has 0 rings (SSSR count). The molecule has 0 saturated heterocycles. The molecule has 0 aromatic rings. The SMILES string of the molecule is CCOCCS(=O)(=O)NCC(OC)OC. The maximum atomic E-state index is 11.3. The second-order valence-electron chi connectivity index (χ2n) is 2.77. The summed E-state index contributed by atoms with van der Waals surface area (Å²) in [5.74, 6) is -0.0546. The van der Waals surface area contributed by atoms with Gasteiger partial charge in [-0.1, -0.05) is 0 Å². The van der Waals surface area contributed by atoms with Gasteiger partial charge in [-0.05, 0) is 6.92 Å². The van der Waals surface area contributed by atoms with Gasteiger partial charge in [-0.3, -0.25) is 0 Å². The molecule has 0 aromatic heterocycles. The van der Waals surface area contributed by atoms with Gasteiger partial charge in [0.05, 0.1) is 18.9 Å². The number of rotatable bonds is 9. The van der Waals surface area contributed by atoms with E-state index in [0.717, 1.165) is 0 Å². The molecule has 0 aromatic carbocycles. The van der Waals surface area contributed by atoms with Crippen molar-refractivity contribution < 1.29 is 22.6 Å². The van der Waals surface area contributed by atoms with Crippen molar-refractivity contribution in [2.75, 3.05) is 39.7 Å². The van der Waals surface area contributed by atoms with E-state index in [0.29, 0.717) is 6.61 Å². The van der Waals surface area contributed by atoms with Gasteiger partial charge >= 0.3 is 0 Å². The van der Waals surface area contributed by atoms with Crippen LogP contribution in [0.1, 0.15) is 6.92 Å². The Hall–Kier alpha value is -0.210. The van der Waals surface area contributed by atoms with Crippen molar-refractivity contribution in [1.29, 1.82) is 0 Å². The number of ether oxygens (including phenoxy) is 3. The van der Waals surface area contributed by atoms with Gasteiger partial charge in [0, 0.05) is 20.8 Å². The lowest BCUT2D eigenvalue weighted by Crippen LogP contribution is -2.36. The largest absolute Gasteiger partial charge is 0.381 e. The second-order valence-corrected chi connectivity index (χ2v) is 4.69. The van der Waals surface area contributed by atoms with Crippen LogP contribution in [-0.2, 0) is 24.2 Å². The zero-order chi connectivity index (χ0) is 11.7. The van der Waals surface area contributed by atoms with E-state index in [1.165, 1.54) is 14.2 Å². The van der Waals surface area contributed by atoms with Gasteiger partial charge < -0.3 is 14.2 Å². The molecule has 15 heavy (non-hydrogen) atoms. The summed E-state index contributed by atoms with van der Waals surface area (Å²) >= 11 is 0. The summed E-state index contributed by atoms with van der Waals surface area (Å²) in [6, 6.07) is 0. The van der Waals surface area contributed by atoms with E-state index in [1.807, 2.05) is 6.92 Å². The smallest absolute Gasteiger partial charge is 0.214 e. The van der Waals surface area contributed by atoms with Gasteiger partial charge in [0.2, 0.25) is 10.0 Å². The minimum absolute atomic E-state index is 0.0546. The Morgan fingerprint density at radius 1 is 1.27 bits per heavy atom. The van der Waals surface area contributed by atoms with Gasteiger partial charge in [0.25, 0.3) is 0 Å². The average molecular weight is 241 g/mol. The van der Waals surface area contributed by atoms with Crippen LogP contribution in [0.4, 0.5) is 0 Å². The van der Waals surface area contributed by atoms with E-state index >= 15 is 0 Å². The molecule has 0 fully saturated rings. The highest BCUT2D eigenvalue weighted by atomic mass is 32.2. The molecule has 0 atom stereocenters. The van der Waals surface area contributed by atoms with Crippen LogP contribution in [0.5, 0.6) is 0 Å². The van der Waals surface area contributed by atoms with Gasteiger partial charge in [0.1, 0.15) is 0 Å². The molecular formula is C8H19NO5S. The highest BCUT2D eigenvalue weighted by molar-refractivity contribution is 7.89. The number of methoxy groups -OCH3 is 2. The molecule has 0 aliphatic heterocycles. The van der Waals surface area contributed by atoms with Crippen LogP contribution in [-0.4, -0.2) is 54.4 Å². The Labute approximate surface area is 90.9 Å². The standard InChI is InChI=1S/C8H19NO5S/c1-4-14-5-6-15(10,11)9-7-8(12-2)13-3/h8-9H,4-7H2,1-3H3. The summed E-state index contributed by atoms with van der Waals surface area (Å²) in [5.41, 5.74) is 0. The van der Waals surface area contributed by atoms with E-state index in [2.05, 4.69) is 4.72 Å². The molecule has 0 saturated carbocycles. The Morgan fingerprint density at radius 3 is 2.33 bits per heavy atom. The molecule has 0 unspecified atom stereocenters. The molecule has 0 bridgehead atoms. The van der Waals surface area contributed by atoms with E-state index < -0.39 is 16.3 Å². The first-order valence-electron chi connectivity index (χ1n) is 4.66. The highest BCUT2D eigenvalue weighted by Crippen LogP contribution is 1.91.